The van der Waals surface area contributed by atoms with Crippen molar-refractivity contribution in [2.45, 2.75) is 26.4 Å². The van der Waals surface area contributed by atoms with E-state index in [1.54, 1.807) is 23.0 Å². The number of hydrogen-bond acceptors (Lipinski definition) is 5. The van der Waals surface area contributed by atoms with E-state index < -0.39 is 6.10 Å². The molecule has 2 rings (SSSR count). The molecule has 0 aliphatic heterocycles. The molecule has 1 atom stereocenters. The third-order valence-corrected chi connectivity index (χ3v) is 4.19. The number of aliphatic hydroxyl groups is 1. The maximum absolute atomic E-state index is 9.90. The average molecular weight is 240 g/mol. The van der Waals surface area contributed by atoms with Crippen LogP contribution in [-0.2, 0) is 6.42 Å². The topological polar surface area (TPSA) is 46.0 Å². The van der Waals surface area contributed by atoms with Crippen molar-refractivity contribution in [2.24, 2.45) is 0 Å². The summed E-state index contributed by atoms with van der Waals surface area (Å²) < 4.78 is 0. The summed E-state index contributed by atoms with van der Waals surface area (Å²) in [5.41, 5.74) is 2.79. The number of thiazole rings is 2. The molecule has 1 unspecified atom stereocenters. The van der Waals surface area contributed by atoms with Gasteiger partial charge < -0.3 is 5.11 Å². The molecule has 2 aromatic heterocycles. The van der Waals surface area contributed by atoms with Gasteiger partial charge in [0.1, 0.15) is 0 Å². The molecule has 2 heterocycles. The van der Waals surface area contributed by atoms with E-state index in [0.717, 1.165) is 15.6 Å². The van der Waals surface area contributed by atoms with Gasteiger partial charge in [0.2, 0.25) is 0 Å². The molecule has 0 bridgehead atoms. The van der Waals surface area contributed by atoms with Gasteiger partial charge in [0.05, 0.1) is 27.2 Å². The summed E-state index contributed by atoms with van der Waals surface area (Å²) in [6.45, 7) is 4.05. The Kier molecular flexibility index (Phi) is 3.14. The largest absolute Gasteiger partial charge is 0.387 e. The van der Waals surface area contributed by atoms with E-state index in [9.17, 15) is 5.11 Å². The number of rotatable bonds is 3. The van der Waals surface area contributed by atoms with Crippen molar-refractivity contribution in [3.8, 4) is 0 Å². The molecule has 0 radical (unpaired) electrons. The zero-order valence-corrected chi connectivity index (χ0v) is 10.2. The third kappa shape index (κ3) is 2.42. The van der Waals surface area contributed by atoms with Crippen molar-refractivity contribution in [3.63, 3.8) is 0 Å². The summed E-state index contributed by atoms with van der Waals surface area (Å²) in [6, 6.07) is 0. The standard InChI is InChI=1S/C10H12N2OS2/c1-6-7(2)15-10(12-6)3-8(13)9-4-11-5-14-9/h4-5,8,13H,3H2,1-2H3. The number of aromatic nitrogens is 2. The smallest absolute Gasteiger partial charge is 0.0961 e. The van der Waals surface area contributed by atoms with Gasteiger partial charge in [-0.05, 0) is 13.8 Å². The van der Waals surface area contributed by atoms with Crippen LogP contribution in [0.2, 0.25) is 0 Å². The number of aryl methyl sites for hydroxylation is 2. The molecule has 2 aromatic rings. The van der Waals surface area contributed by atoms with Crippen LogP contribution in [0, 0.1) is 13.8 Å². The summed E-state index contributed by atoms with van der Waals surface area (Å²) in [5.74, 6) is 0. The van der Waals surface area contributed by atoms with Crippen molar-refractivity contribution in [1.29, 1.82) is 0 Å². The zero-order valence-electron chi connectivity index (χ0n) is 8.60. The van der Waals surface area contributed by atoms with Crippen molar-refractivity contribution < 1.29 is 5.11 Å². The third-order valence-electron chi connectivity index (χ3n) is 2.22. The van der Waals surface area contributed by atoms with Crippen molar-refractivity contribution in [2.75, 3.05) is 0 Å². The Morgan fingerprint density at radius 1 is 1.47 bits per heavy atom. The van der Waals surface area contributed by atoms with Crippen LogP contribution in [0.5, 0.6) is 0 Å². The van der Waals surface area contributed by atoms with Crippen LogP contribution in [-0.4, -0.2) is 15.1 Å². The predicted octanol–water partition coefficient (Wildman–Crippen LogP) is 2.49. The summed E-state index contributed by atoms with van der Waals surface area (Å²) in [5, 5.41) is 10.9. The maximum atomic E-state index is 9.90. The second-order valence-corrected chi connectivity index (χ2v) is 5.58. The highest BCUT2D eigenvalue weighted by molar-refractivity contribution is 7.11. The summed E-state index contributed by atoms with van der Waals surface area (Å²) in [4.78, 5) is 10.5. The van der Waals surface area contributed by atoms with E-state index in [1.165, 1.54) is 16.2 Å². The van der Waals surface area contributed by atoms with E-state index >= 15 is 0 Å². The van der Waals surface area contributed by atoms with Crippen LogP contribution < -0.4 is 0 Å². The van der Waals surface area contributed by atoms with Gasteiger partial charge in [-0.1, -0.05) is 0 Å². The molecular weight excluding hydrogens is 228 g/mol. The molecule has 5 heteroatoms. The lowest BCUT2D eigenvalue weighted by molar-refractivity contribution is 0.182. The Hall–Kier alpha value is -0.780. The summed E-state index contributed by atoms with van der Waals surface area (Å²) >= 11 is 3.13. The Morgan fingerprint density at radius 3 is 2.80 bits per heavy atom. The molecule has 0 spiro atoms. The van der Waals surface area contributed by atoms with Gasteiger partial charge >= 0.3 is 0 Å². The quantitative estimate of drug-likeness (QED) is 0.896. The molecule has 1 N–H and O–H groups in total. The SMILES string of the molecule is Cc1nc(CC(O)c2cncs2)sc1C. The van der Waals surface area contributed by atoms with Gasteiger partial charge in [-0.15, -0.1) is 22.7 Å². The van der Waals surface area contributed by atoms with Crippen molar-refractivity contribution in [1.82, 2.24) is 9.97 Å². The molecule has 0 aliphatic rings. The normalized spacial score (nSPS) is 13.0. The van der Waals surface area contributed by atoms with Gasteiger partial charge in [0, 0.05) is 17.5 Å². The minimum Gasteiger partial charge on any atom is -0.387 e. The van der Waals surface area contributed by atoms with Gasteiger partial charge in [-0.2, -0.15) is 0 Å². The molecule has 0 amide bonds. The Morgan fingerprint density at radius 2 is 2.27 bits per heavy atom. The Labute approximate surface area is 96.5 Å². The first-order chi connectivity index (χ1) is 7.16. The van der Waals surface area contributed by atoms with Crippen LogP contribution in [0.1, 0.15) is 26.6 Å². The fourth-order valence-corrected chi connectivity index (χ4v) is 2.86. The minimum atomic E-state index is -0.470. The van der Waals surface area contributed by atoms with Gasteiger partial charge in [0.25, 0.3) is 0 Å². The predicted molar refractivity (Wildman–Crippen MR) is 62.4 cm³/mol. The fourth-order valence-electron chi connectivity index (χ4n) is 1.28. The molecule has 0 saturated carbocycles. The molecule has 0 aliphatic carbocycles. The first-order valence-corrected chi connectivity index (χ1v) is 6.36. The molecule has 0 saturated heterocycles. The van der Waals surface area contributed by atoms with Crippen molar-refractivity contribution in [3.05, 3.63) is 32.2 Å². The monoisotopic (exact) mass is 240 g/mol. The lowest BCUT2D eigenvalue weighted by Gasteiger charge is -2.04. The highest BCUT2D eigenvalue weighted by atomic mass is 32.1. The molecule has 0 fully saturated rings. The number of aliphatic hydroxyl groups excluding tert-OH is 1. The molecular formula is C10H12N2OS2. The lowest BCUT2D eigenvalue weighted by Crippen LogP contribution is -1.99. The fraction of sp³-hybridized carbons (Fsp3) is 0.400. The zero-order chi connectivity index (χ0) is 10.8. The van der Waals surface area contributed by atoms with E-state index in [2.05, 4.69) is 16.9 Å². The van der Waals surface area contributed by atoms with Crippen LogP contribution >= 0.6 is 22.7 Å². The van der Waals surface area contributed by atoms with E-state index in [4.69, 9.17) is 0 Å². The molecule has 0 aromatic carbocycles. The second-order valence-electron chi connectivity index (χ2n) is 3.37. The van der Waals surface area contributed by atoms with Gasteiger partial charge in [0.15, 0.2) is 0 Å². The first kappa shape index (κ1) is 10.7. The molecule has 80 valence electrons. The van der Waals surface area contributed by atoms with Crippen LogP contribution in [0.15, 0.2) is 11.7 Å². The van der Waals surface area contributed by atoms with Gasteiger partial charge in [-0.25, -0.2) is 4.98 Å². The van der Waals surface area contributed by atoms with E-state index in [-0.39, 0.29) is 0 Å². The van der Waals surface area contributed by atoms with E-state index in [1.807, 2.05) is 6.92 Å². The number of hydrogen-bond donors (Lipinski definition) is 1. The Balaban J connectivity index is 2.09. The average Bonchev–Trinajstić information content (AvgIpc) is 2.77. The highest BCUT2D eigenvalue weighted by Crippen LogP contribution is 2.24. The molecule has 15 heavy (non-hydrogen) atoms. The highest BCUT2D eigenvalue weighted by Gasteiger charge is 2.13. The van der Waals surface area contributed by atoms with Crippen LogP contribution in [0.25, 0.3) is 0 Å². The van der Waals surface area contributed by atoms with Crippen molar-refractivity contribution >= 4 is 22.7 Å². The minimum absolute atomic E-state index is 0.470. The van der Waals surface area contributed by atoms with Crippen LogP contribution in [0.4, 0.5) is 0 Å². The van der Waals surface area contributed by atoms with Crippen LogP contribution in [0.3, 0.4) is 0 Å². The van der Waals surface area contributed by atoms with E-state index in [0.29, 0.717) is 6.42 Å². The molecule has 3 nitrogen and oxygen atoms in total. The first-order valence-electron chi connectivity index (χ1n) is 4.66. The second kappa shape index (κ2) is 4.38. The lowest BCUT2D eigenvalue weighted by atomic mass is 10.2. The summed E-state index contributed by atoms with van der Waals surface area (Å²) in [6.07, 6.45) is 1.83. The Bertz CT molecular complexity index is 417. The summed E-state index contributed by atoms with van der Waals surface area (Å²) in [7, 11) is 0. The van der Waals surface area contributed by atoms with Gasteiger partial charge in [-0.3, -0.25) is 4.98 Å². The maximum Gasteiger partial charge on any atom is 0.0961 e. The number of nitrogens with zero attached hydrogens (tertiary/aromatic N) is 2.